The molecule has 8 nitrogen and oxygen atoms in total. The van der Waals surface area contributed by atoms with Crippen molar-refractivity contribution in [1.82, 2.24) is 4.90 Å². The number of fused-ring (bicyclic) bond motifs is 5. The van der Waals surface area contributed by atoms with Gasteiger partial charge in [0.2, 0.25) is 11.8 Å². The number of amides is 2. The topological polar surface area (TPSA) is 93.2 Å². The minimum absolute atomic E-state index is 0.234. The molecule has 3 heterocycles. The number of anilines is 1. The highest BCUT2D eigenvalue weighted by molar-refractivity contribution is 6.24. The molecule has 3 aromatic rings. The van der Waals surface area contributed by atoms with Crippen LogP contribution in [-0.2, 0) is 14.4 Å². The Balaban J connectivity index is 1.43. The van der Waals surface area contributed by atoms with Gasteiger partial charge in [-0.05, 0) is 65.7 Å². The minimum Gasteiger partial charge on any atom is -0.497 e. The van der Waals surface area contributed by atoms with Gasteiger partial charge in [0.05, 0.1) is 30.7 Å². The number of esters is 1. The monoisotopic (exact) mass is 508 g/mol. The van der Waals surface area contributed by atoms with Gasteiger partial charge in [-0.3, -0.25) is 19.2 Å². The minimum atomic E-state index is -0.869. The summed E-state index contributed by atoms with van der Waals surface area (Å²) < 4.78 is 10.3. The van der Waals surface area contributed by atoms with E-state index in [4.69, 9.17) is 9.47 Å². The Morgan fingerprint density at radius 3 is 2.16 bits per heavy atom. The second-order valence-electron chi connectivity index (χ2n) is 9.53. The molecule has 4 unspecified atom stereocenters. The number of imide groups is 1. The number of carbonyl (C=O) groups excluding carboxylic acids is 4. The zero-order valence-corrected chi connectivity index (χ0v) is 20.7. The Hall–Kier alpha value is -4.72. The molecule has 3 aliphatic rings. The van der Waals surface area contributed by atoms with Gasteiger partial charge >= 0.3 is 5.97 Å². The summed E-state index contributed by atoms with van der Waals surface area (Å²) in [5, 5.41) is 0. The maximum absolute atomic E-state index is 14.0. The first-order chi connectivity index (χ1) is 18.4. The fourth-order valence-corrected chi connectivity index (χ4v) is 5.87. The van der Waals surface area contributed by atoms with Crippen LogP contribution in [0.15, 0.2) is 79.0 Å². The van der Waals surface area contributed by atoms with Gasteiger partial charge in [0.25, 0.3) is 0 Å². The number of carbonyl (C=O) groups is 4. The molecule has 38 heavy (non-hydrogen) atoms. The summed E-state index contributed by atoms with van der Waals surface area (Å²) in [4.78, 5) is 56.2. The fraction of sp³-hybridized carbons (Fsp3) is 0.200. The van der Waals surface area contributed by atoms with Gasteiger partial charge in [0, 0.05) is 18.7 Å². The maximum atomic E-state index is 14.0. The number of hydrogen-bond acceptors (Lipinski definition) is 7. The van der Waals surface area contributed by atoms with Crippen molar-refractivity contribution in [2.45, 2.75) is 19.0 Å². The van der Waals surface area contributed by atoms with E-state index in [9.17, 15) is 19.2 Å². The number of ketones is 1. The first kappa shape index (κ1) is 23.7. The molecule has 0 aliphatic carbocycles. The van der Waals surface area contributed by atoms with E-state index in [0.29, 0.717) is 22.7 Å². The lowest BCUT2D eigenvalue weighted by Gasteiger charge is -2.35. The van der Waals surface area contributed by atoms with E-state index in [2.05, 4.69) is 0 Å². The van der Waals surface area contributed by atoms with Gasteiger partial charge in [0.1, 0.15) is 17.5 Å². The molecule has 6 rings (SSSR count). The molecule has 0 radical (unpaired) electrons. The SMILES string of the molecule is COc1ccc(C(=O)C2C3C(=O)N(c4ccc(OC(C)=O)cc4)C(=O)C3C3c4ccccc4C=CN23)cc1. The number of nitrogens with zero attached hydrogens (tertiary/aromatic N) is 2. The summed E-state index contributed by atoms with van der Waals surface area (Å²) in [6.07, 6.45) is 3.75. The van der Waals surface area contributed by atoms with Gasteiger partial charge in [-0.15, -0.1) is 0 Å². The Bertz CT molecular complexity index is 1490. The van der Waals surface area contributed by atoms with Crippen LogP contribution in [0, 0.1) is 11.8 Å². The molecule has 3 aliphatic heterocycles. The predicted molar refractivity (Wildman–Crippen MR) is 138 cm³/mol. The van der Waals surface area contributed by atoms with E-state index in [-0.39, 0.29) is 11.7 Å². The van der Waals surface area contributed by atoms with E-state index >= 15 is 0 Å². The molecule has 0 N–H and O–H groups in total. The number of Topliss-reactive ketones (excluding diaryl/α,β-unsaturated/α-hetero) is 1. The first-order valence-corrected chi connectivity index (χ1v) is 12.3. The van der Waals surface area contributed by atoms with E-state index in [1.807, 2.05) is 41.4 Å². The highest BCUT2D eigenvalue weighted by Gasteiger charge is 2.64. The molecular formula is C30H24N2O6. The standard InChI is InChI=1S/C30H24N2O6/c1-17(33)38-22-13-9-20(10-14-22)32-29(35)24-25(30(32)36)27(28(34)19-7-11-21(37-2)12-8-19)31-16-15-18-5-3-4-6-23(18)26(24)31/h3-16,24-27H,1-2H3. The van der Waals surface area contributed by atoms with Gasteiger partial charge in [-0.25, -0.2) is 4.90 Å². The van der Waals surface area contributed by atoms with Gasteiger partial charge in [-0.2, -0.15) is 0 Å². The highest BCUT2D eigenvalue weighted by atomic mass is 16.5. The van der Waals surface area contributed by atoms with Crippen molar-refractivity contribution in [3.8, 4) is 11.5 Å². The van der Waals surface area contributed by atoms with Crippen molar-refractivity contribution in [2.24, 2.45) is 11.8 Å². The van der Waals surface area contributed by atoms with Crippen LogP contribution in [-0.4, -0.2) is 41.6 Å². The number of benzene rings is 3. The lowest BCUT2D eigenvalue weighted by Crippen LogP contribution is -2.44. The van der Waals surface area contributed by atoms with Crippen LogP contribution in [0.25, 0.3) is 6.08 Å². The average Bonchev–Trinajstić information content (AvgIpc) is 3.41. The Morgan fingerprint density at radius 1 is 0.816 bits per heavy atom. The van der Waals surface area contributed by atoms with Crippen LogP contribution < -0.4 is 14.4 Å². The molecule has 3 aromatic carbocycles. The maximum Gasteiger partial charge on any atom is 0.308 e. The Morgan fingerprint density at radius 2 is 1.47 bits per heavy atom. The number of methoxy groups -OCH3 is 1. The highest BCUT2D eigenvalue weighted by Crippen LogP contribution is 2.53. The van der Waals surface area contributed by atoms with Crippen molar-refractivity contribution in [1.29, 1.82) is 0 Å². The smallest absolute Gasteiger partial charge is 0.308 e. The third-order valence-electron chi connectivity index (χ3n) is 7.46. The van der Waals surface area contributed by atoms with Crippen molar-refractivity contribution < 1.29 is 28.7 Å². The number of ether oxygens (including phenoxy) is 2. The Labute approximate surface area is 219 Å². The van der Waals surface area contributed by atoms with Crippen molar-refractivity contribution in [3.63, 3.8) is 0 Å². The summed E-state index contributed by atoms with van der Waals surface area (Å²) >= 11 is 0. The van der Waals surface area contributed by atoms with E-state index < -0.39 is 35.8 Å². The molecule has 0 bridgehead atoms. The molecule has 0 aromatic heterocycles. The Kier molecular flexibility index (Phi) is 5.60. The zero-order chi connectivity index (χ0) is 26.6. The lowest BCUT2D eigenvalue weighted by molar-refractivity contribution is -0.132. The van der Waals surface area contributed by atoms with E-state index in [1.165, 1.54) is 24.0 Å². The molecule has 4 atom stereocenters. The van der Waals surface area contributed by atoms with Crippen LogP contribution in [0.3, 0.4) is 0 Å². The van der Waals surface area contributed by atoms with Crippen LogP contribution in [0.1, 0.15) is 34.5 Å². The zero-order valence-electron chi connectivity index (χ0n) is 20.7. The lowest BCUT2D eigenvalue weighted by atomic mass is 9.83. The fourth-order valence-electron chi connectivity index (χ4n) is 5.87. The molecule has 0 saturated carbocycles. The summed E-state index contributed by atoms with van der Waals surface area (Å²) in [6.45, 7) is 1.30. The quantitative estimate of drug-likeness (QED) is 0.222. The second-order valence-corrected chi connectivity index (χ2v) is 9.53. The molecular weight excluding hydrogens is 484 g/mol. The molecule has 2 saturated heterocycles. The van der Waals surface area contributed by atoms with E-state index in [1.54, 1.807) is 43.5 Å². The first-order valence-electron chi connectivity index (χ1n) is 12.3. The van der Waals surface area contributed by atoms with Crippen LogP contribution in [0.5, 0.6) is 11.5 Å². The molecule has 0 spiro atoms. The normalized spacial score (nSPS) is 23.1. The third-order valence-corrected chi connectivity index (χ3v) is 7.46. The second kappa shape index (κ2) is 8.99. The van der Waals surface area contributed by atoms with Gasteiger partial charge in [0.15, 0.2) is 5.78 Å². The van der Waals surface area contributed by atoms with Crippen molar-refractivity contribution in [3.05, 3.63) is 95.7 Å². The summed E-state index contributed by atoms with van der Waals surface area (Å²) in [5.74, 6) is -2.17. The van der Waals surface area contributed by atoms with Crippen LogP contribution in [0.4, 0.5) is 5.69 Å². The molecule has 190 valence electrons. The summed E-state index contributed by atoms with van der Waals surface area (Å²) in [5.41, 5.74) is 2.66. The van der Waals surface area contributed by atoms with E-state index in [0.717, 1.165) is 11.1 Å². The third kappa shape index (κ3) is 3.60. The molecule has 2 amide bonds. The van der Waals surface area contributed by atoms with Crippen molar-refractivity contribution in [2.75, 3.05) is 12.0 Å². The molecule has 2 fully saturated rings. The summed E-state index contributed by atoms with van der Waals surface area (Å²) in [6, 6.07) is 19.4. The predicted octanol–water partition coefficient (Wildman–Crippen LogP) is 4.02. The molecule has 8 heteroatoms. The van der Waals surface area contributed by atoms with Crippen molar-refractivity contribution >= 4 is 35.3 Å². The largest absolute Gasteiger partial charge is 0.497 e. The number of hydrogen-bond donors (Lipinski definition) is 0. The van der Waals surface area contributed by atoms with Crippen LogP contribution >= 0.6 is 0 Å². The number of rotatable bonds is 5. The van der Waals surface area contributed by atoms with Crippen LogP contribution in [0.2, 0.25) is 0 Å². The van der Waals surface area contributed by atoms with Gasteiger partial charge in [-0.1, -0.05) is 24.3 Å². The average molecular weight is 509 g/mol. The summed E-state index contributed by atoms with van der Waals surface area (Å²) in [7, 11) is 1.55. The van der Waals surface area contributed by atoms with Gasteiger partial charge < -0.3 is 14.4 Å².